The lowest BCUT2D eigenvalue weighted by molar-refractivity contribution is 0.101. The third-order valence-electron chi connectivity index (χ3n) is 6.29. The predicted molar refractivity (Wildman–Crippen MR) is 157 cm³/mol. The second kappa shape index (κ2) is 11.7. The Morgan fingerprint density at radius 1 is 0.949 bits per heavy atom. The summed E-state index contributed by atoms with van der Waals surface area (Å²) in [5.74, 6) is 1.17. The Kier molecular flexibility index (Phi) is 7.90. The summed E-state index contributed by atoms with van der Waals surface area (Å²) in [6, 6.07) is 18.2. The molecule has 39 heavy (non-hydrogen) atoms. The number of fused-ring (bicyclic) bond motifs is 1. The maximum atomic E-state index is 13.0. The van der Waals surface area contributed by atoms with Crippen LogP contribution in [0, 0.1) is 0 Å². The number of hydrogen-bond acceptors (Lipinski definition) is 4. The molecule has 11 heteroatoms. The van der Waals surface area contributed by atoms with Gasteiger partial charge in [0.25, 0.3) is 11.8 Å². The number of nitrogens with one attached hydrogen (secondary N) is 4. The number of amides is 2. The Morgan fingerprint density at radius 2 is 1.69 bits per heavy atom. The van der Waals surface area contributed by atoms with Gasteiger partial charge >= 0.3 is 0 Å². The smallest absolute Gasteiger partial charge is 0.272 e. The van der Waals surface area contributed by atoms with Gasteiger partial charge in [0.15, 0.2) is 5.82 Å². The predicted octanol–water partition coefficient (Wildman–Crippen LogP) is 5.69. The SMILES string of the molecule is Cn1cc(NC(=O)c2ccc[nH]2)cc1-c1nc2ccc(C(=O)Nc3ccc(N(CCCl)CCCl)cc3)cc2[nH]1. The molecule has 2 amide bonds. The average Bonchev–Trinajstić information content (AvgIpc) is 3.68. The molecule has 0 saturated carbocycles. The van der Waals surface area contributed by atoms with E-state index in [-0.39, 0.29) is 11.8 Å². The number of carbonyl (C=O) groups is 2. The largest absolute Gasteiger partial charge is 0.369 e. The minimum atomic E-state index is -0.229. The van der Waals surface area contributed by atoms with Crippen molar-refractivity contribution in [2.24, 2.45) is 7.05 Å². The van der Waals surface area contributed by atoms with Gasteiger partial charge in [0.1, 0.15) is 5.69 Å². The second-order valence-corrected chi connectivity index (χ2v) is 9.70. The Morgan fingerprint density at radius 3 is 2.38 bits per heavy atom. The van der Waals surface area contributed by atoms with Crippen molar-refractivity contribution in [3.8, 4) is 11.5 Å². The Balaban J connectivity index is 1.30. The number of H-pyrrole nitrogens is 2. The first kappa shape index (κ1) is 26.4. The molecule has 200 valence electrons. The number of aromatic amines is 2. The summed E-state index contributed by atoms with van der Waals surface area (Å²) in [5.41, 5.74) is 5.54. The van der Waals surface area contributed by atoms with Crippen LogP contribution >= 0.6 is 23.2 Å². The van der Waals surface area contributed by atoms with E-state index in [1.54, 1.807) is 36.5 Å². The van der Waals surface area contributed by atoms with E-state index in [0.717, 1.165) is 22.4 Å². The summed E-state index contributed by atoms with van der Waals surface area (Å²) >= 11 is 11.8. The van der Waals surface area contributed by atoms with Crippen molar-refractivity contribution >= 4 is 63.1 Å². The van der Waals surface area contributed by atoms with Gasteiger partial charge in [-0.1, -0.05) is 0 Å². The van der Waals surface area contributed by atoms with Crippen LogP contribution in [-0.4, -0.2) is 56.2 Å². The quantitative estimate of drug-likeness (QED) is 0.164. The highest BCUT2D eigenvalue weighted by atomic mass is 35.5. The molecule has 0 spiro atoms. The van der Waals surface area contributed by atoms with Crippen LogP contribution in [0.4, 0.5) is 17.1 Å². The van der Waals surface area contributed by atoms with Crippen molar-refractivity contribution in [3.05, 3.63) is 84.3 Å². The van der Waals surface area contributed by atoms with Gasteiger partial charge in [-0.2, -0.15) is 0 Å². The summed E-state index contributed by atoms with van der Waals surface area (Å²) in [6.45, 7) is 1.39. The molecule has 0 atom stereocenters. The number of carbonyl (C=O) groups excluding carboxylic acids is 2. The normalized spacial score (nSPS) is 11.1. The maximum Gasteiger partial charge on any atom is 0.272 e. The summed E-state index contributed by atoms with van der Waals surface area (Å²) in [4.78, 5) is 38.3. The minimum Gasteiger partial charge on any atom is -0.369 e. The van der Waals surface area contributed by atoms with E-state index in [2.05, 4.69) is 30.5 Å². The lowest BCUT2D eigenvalue weighted by Gasteiger charge is -2.23. The van der Waals surface area contributed by atoms with Crippen LogP contribution in [-0.2, 0) is 7.05 Å². The van der Waals surface area contributed by atoms with Crippen molar-refractivity contribution in [2.75, 3.05) is 40.4 Å². The zero-order valence-corrected chi connectivity index (χ0v) is 22.7. The van der Waals surface area contributed by atoms with Crippen molar-refractivity contribution in [2.45, 2.75) is 0 Å². The third-order valence-corrected chi connectivity index (χ3v) is 6.63. The number of imidazole rings is 1. The van der Waals surface area contributed by atoms with E-state index in [9.17, 15) is 9.59 Å². The fourth-order valence-electron chi connectivity index (χ4n) is 4.34. The zero-order valence-electron chi connectivity index (χ0n) is 21.2. The van der Waals surface area contributed by atoms with Crippen molar-refractivity contribution in [1.82, 2.24) is 19.5 Å². The molecule has 3 heterocycles. The molecule has 5 rings (SSSR count). The molecule has 0 unspecified atom stereocenters. The van der Waals surface area contributed by atoms with E-state index in [4.69, 9.17) is 23.2 Å². The molecule has 0 aliphatic carbocycles. The maximum absolute atomic E-state index is 13.0. The summed E-state index contributed by atoms with van der Waals surface area (Å²) in [7, 11) is 1.88. The monoisotopic (exact) mass is 563 g/mol. The van der Waals surface area contributed by atoms with Crippen LogP contribution in [0.3, 0.4) is 0 Å². The molecule has 0 aliphatic heterocycles. The standard InChI is InChI=1S/C28H27Cl2N7O2/c1-36-17-20(33-28(39)23-3-2-12-31-23)16-25(36)26-34-22-9-4-18(15-24(22)35-26)27(38)32-19-5-7-21(8-6-19)37(13-10-29)14-11-30/h2-9,12,15-17,31H,10-11,13-14H2,1H3,(H,32,38)(H,33,39)(H,34,35). The number of nitrogens with zero attached hydrogens (tertiary/aromatic N) is 3. The number of alkyl halides is 2. The second-order valence-electron chi connectivity index (χ2n) is 8.95. The molecule has 0 saturated heterocycles. The summed E-state index contributed by atoms with van der Waals surface area (Å²) < 4.78 is 1.88. The lowest BCUT2D eigenvalue weighted by atomic mass is 10.2. The molecule has 0 radical (unpaired) electrons. The van der Waals surface area contributed by atoms with E-state index in [1.165, 1.54) is 0 Å². The first-order valence-electron chi connectivity index (χ1n) is 12.3. The first-order chi connectivity index (χ1) is 18.9. The van der Waals surface area contributed by atoms with Gasteiger partial charge in [0, 0.05) is 61.2 Å². The number of hydrogen-bond donors (Lipinski definition) is 4. The molecule has 9 nitrogen and oxygen atoms in total. The zero-order chi connectivity index (χ0) is 27.4. The van der Waals surface area contributed by atoms with Gasteiger partial charge in [-0.05, 0) is 60.7 Å². The highest BCUT2D eigenvalue weighted by molar-refractivity contribution is 6.18. The average molecular weight is 564 g/mol. The van der Waals surface area contributed by atoms with Gasteiger partial charge in [-0.15, -0.1) is 23.2 Å². The molecular formula is C28H27Cl2N7O2. The van der Waals surface area contributed by atoms with Crippen molar-refractivity contribution in [3.63, 3.8) is 0 Å². The van der Waals surface area contributed by atoms with Gasteiger partial charge in [-0.3, -0.25) is 9.59 Å². The van der Waals surface area contributed by atoms with Crippen LogP contribution in [0.15, 0.2) is 73.1 Å². The fraction of sp³-hybridized carbons (Fsp3) is 0.179. The molecule has 2 aromatic carbocycles. The van der Waals surface area contributed by atoms with Crippen molar-refractivity contribution < 1.29 is 9.59 Å². The number of rotatable bonds is 10. The molecule has 5 aromatic rings. The van der Waals surface area contributed by atoms with Crippen LogP contribution in [0.25, 0.3) is 22.6 Å². The number of anilines is 3. The third kappa shape index (κ3) is 5.94. The van der Waals surface area contributed by atoms with Crippen LogP contribution in [0.5, 0.6) is 0 Å². The van der Waals surface area contributed by atoms with Crippen molar-refractivity contribution in [1.29, 1.82) is 0 Å². The topological polar surface area (TPSA) is 111 Å². The van der Waals surface area contributed by atoms with E-state index < -0.39 is 0 Å². The van der Waals surface area contributed by atoms with Gasteiger partial charge < -0.3 is 30.1 Å². The number of aromatic nitrogens is 4. The Hall–Kier alpha value is -4.21. The fourth-order valence-corrected chi connectivity index (χ4v) is 4.75. The highest BCUT2D eigenvalue weighted by Gasteiger charge is 2.15. The number of halogens is 2. The molecule has 0 fully saturated rings. The first-order valence-corrected chi connectivity index (χ1v) is 13.4. The van der Waals surface area contributed by atoms with Gasteiger partial charge in [0.05, 0.1) is 22.4 Å². The molecular weight excluding hydrogens is 537 g/mol. The Bertz CT molecular complexity index is 1580. The van der Waals surface area contributed by atoms with Gasteiger partial charge in [-0.25, -0.2) is 4.98 Å². The van der Waals surface area contributed by atoms with Crippen LogP contribution < -0.4 is 15.5 Å². The van der Waals surface area contributed by atoms with E-state index >= 15 is 0 Å². The van der Waals surface area contributed by atoms with Crippen LogP contribution in [0.1, 0.15) is 20.8 Å². The number of aryl methyl sites for hydroxylation is 1. The summed E-state index contributed by atoms with van der Waals surface area (Å²) in [6.07, 6.45) is 3.52. The number of benzene rings is 2. The highest BCUT2D eigenvalue weighted by Crippen LogP contribution is 2.26. The minimum absolute atomic E-state index is 0.227. The van der Waals surface area contributed by atoms with E-state index in [1.807, 2.05) is 48.1 Å². The molecule has 4 N–H and O–H groups in total. The molecule has 3 aromatic heterocycles. The Labute approximate surface area is 235 Å². The van der Waals surface area contributed by atoms with Crippen LogP contribution in [0.2, 0.25) is 0 Å². The summed E-state index contributed by atoms with van der Waals surface area (Å²) in [5, 5.41) is 5.82. The molecule has 0 aliphatic rings. The van der Waals surface area contributed by atoms with E-state index in [0.29, 0.717) is 53.3 Å². The lowest BCUT2D eigenvalue weighted by Crippen LogP contribution is -2.27. The molecule has 0 bridgehead atoms. The van der Waals surface area contributed by atoms with Gasteiger partial charge in [0.2, 0.25) is 0 Å².